The molecule has 1 amide bonds. The van der Waals surface area contributed by atoms with E-state index in [1.807, 2.05) is 0 Å². The number of aromatic nitrogens is 4. The van der Waals surface area contributed by atoms with E-state index in [1.165, 1.54) is 59.1 Å². The fourth-order valence-electron chi connectivity index (χ4n) is 1.83. The van der Waals surface area contributed by atoms with E-state index in [9.17, 15) is 13.2 Å². The highest BCUT2D eigenvalue weighted by molar-refractivity contribution is 7.93. The molecule has 0 atom stereocenters. The van der Waals surface area contributed by atoms with E-state index in [4.69, 9.17) is 0 Å². The van der Waals surface area contributed by atoms with Gasteiger partial charge in [0.25, 0.3) is 10.0 Å². The number of hydrogen-bond donors (Lipinski definition) is 2. The average Bonchev–Trinajstić information content (AvgIpc) is 3.21. The summed E-state index contributed by atoms with van der Waals surface area (Å²) in [5.41, 5.74) is 0.480. The molecule has 9 nitrogen and oxygen atoms in total. The molecule has 0 aliphatic heterocycles. The molecule has 24 heavy (non-hydrogen) atoms. The molecule has 0 unspecified atom stereocenters. The van der Waals surface area contributed by atoms with Crippen molar-refractivity contribution in [1.29, 1.82) is 0 Å². The molecule has 0 aliphatic rings. The Morgan fingerprint density at radius 2 is 2.04 bits per heavy atom. The zero-order valence-electron chi connectivity index (χ0n) is 12.2. The number of rotatable bonds is 6. The van der Waals surface area contributed by atoms with Gasteiger partial charge in [0, 0.05) is 17.3 Å². The molecule has 0 saturated heterocycles. The van der Waals surface area contributed by atoms with Gasteiger partial charge in [-0.05, 0) is 24.3 Å². The molecule has 124 valence electrons. The molecule has 3 aromatic rings. The van der Waals surface area contributed by atoms with Crippen LogP contribution in [0.5, 0.6) is 0 Å². The van der Waals surface area contributed by atoms with Gasteiger partial charge in [-0.3, -0.25) is 9.52 Å². The summed E-state index contributed by atoms with van der Waals surface area (Å²) in [5, 5.41) is 8.45. The molecule has 1 aromatic carbocycles. The first-order chi connectivity index (χ1) is 11.5. The van der Waals surface area contributed by atoms with Crippen LogP contribution in [-0.4, -0.2) is 34.1 Å². The Kier molecular flexibility index (Phi) is 4.53. The minimum atomic E-state index is -3.71. The molecule has 2 N–H and O–H groups in total. The van der Waals surface area contributed by atoms with E-state index in [0.717, 1.165) is 0 Å². The summed E-state index contributed by atoms with van der Waals surface area (Å²) in [4.78, 5) is 19.5. The lowest BCUT2D eigenvalue weighted by Gasteiger charge is -2.08. The lowest BCUT2D eigenvalue weighted by atomic mass is 10.3. The first-order valence-corrected chi connectivity index (χ1v) is 9.04. The second-order valence-electron chi connectivity index (χ2n) is 4.61. The number of thiazole rings is 1. The summed E-state index contributed by atoms with van der Waals surface area (Å²) in [6, 6.07) is 5.83. The predicted octanol–water partition coefficient (Wildman–Crippen LogP) is 1.17. The number of nitrogens with zero attached hydrogens (tertiary/aromatic N) is 4. The van der Waals surface area contributed by atoms with Crippen molar-refractivity contribution in [2.24, 2.45) is 0 Å². The number of benzene rings is 1. The highest BCUT2D eigenvalue weighted by atomic mass is 32.2. The van der Waals surface area contributed by atoms with Crippen molar-refractivity contribution >= 4 is 38.1 Å². The third-order valence-corrected chi connectivity index (χ3v) is 5.05. The van der Waals surface area contributed by atoms with Gasteiger partial charge in [-0.15, -0.1) is 11.3 Å². The maximum absolute atomic E-state index is 12.2. The Balaban J connectivity index is 1.65. The molecule has 0 spiro atoms. The van der Waals surface area contributed by atoms with Crippen LogP contribution in [0.15, 0.2) is 53.4 Å². The van der Waals surface area contributed by atoms with Gasteiger partial charge < -0.3 is 5.32 Å². The van der Waals surface area contributed by atoms with Gasteiger partial charge in [0.2, 0.25) is 5.91 Å². The Labute approximate surface area is 141 Å². The monoisotopic (exact) mass is 364 g/mol. The lowest BCUT2D eigenvalue weighted by molar-refractivity contribution is -0.116. The van der Waals surface area contributed by atoms with Crippen LogP contribution in [0.2, 0.25) is 0 Å². The summed E-state index contributed by atoms with van der Waals surface area (Å²) >= 11 is 1.19. The van der Waals surface area contributed by atoms with Crippen LogP contribution in [0.25, 0.3) is 0 Å². The minimum Gasteiger partial charge on any atom is -0.324 e. The molecule has 0 aliphatic carbocycles. The molecule has 0 fully saturated rings. The number of carbonyl (C=O) groups excluding carboxylic acids is 1. The van der Waals surface area contributed by atoms with Crippen molar-refractivity contribution in [3.8, 4) is 0 Å². The van der Waals surface area contributed by atoms with Crippen molar-refractivity contribution < 1.29 is 13.2 Å². The minimum absolute atomic E-state index is 0.0195. The number of carbonyl (C=O) groups is 1. The van der Waals surface area contributed by atoms with Gasteiger partial charge in [0.1, 0.15) is 19.2 Å². The second-order valence-corrected chi connectivity index (χ2v) is 7.19. The van der Waals surface area contributed by atoms with E-state index in [-0.39, 0.29) is 17.3 Å². The summed E-state index contributed by atoms with van der Waals surface area (Å²) in [6.07, 6.45) is 4.28. The zero-order valence-corrected chi connectivity index (χ0v) is 13.8. The molecule has 11 heteroatoms. The van der Waals surface area contributed by atoms with Crippen LogP contribution in [-0.2, 0) is 21.4 Å². The van der Waals surface area contributed by atoms with Gasteiger partial charge in [-0.1, -0.05) is 0 Å². The SMILES string of the molecule is O=C(Cn1cncn1)Nc1ccc(S(=O)(=O)Nc2nccs2)cc1. The van der Waals surface area contributed by atoms with E-state index >= 15 is 0 Å². The standard InChI is InChI=1S/C13H12N6O3S2/c20-12(7-19-9-14-8-16-19)17-10-1-3-11(4-2-10)24(21,22)18-13-15-5-6-23-13/h1-6,8-9H,7H2,(H,15,18)(H,17,20). The van der Waals surface area contributed by atoms with Gasteiger partial charge >= 0.3 is 0 Å². The highest BCUT2D eigenvalue weighted by Crippen LogP contribution is 2.19. The topological polar surface area (TPSA) is 119 Å². The number of sulfonamides is 1. The summed E-state index contributed by atoms with van der Waals surface area (Å²) in [7, 11) is -3.71. The highest BCUT2D eigenvalue weighted by Gasteiger charge is 2.15. The van der Waals surface area contributed by atoms with E-state index in [0.29, 0.717) is 10.8 Å². The summed E-state index contributed by atoms with van der Waals surface area (Å²) in [6.45, 7) is 0.0195. The Morgan fingerprint density at radius 3 is 2.67 bits per heavy atom. The van der Waals surface area contributed by atoms with Gasteiger partial charge in [0.05, 0.1) is 4.90 Å². The van der Waals surface area contributed by atoms with Crippen LogP contribution in [0.1, 0.15) is 0 Å². The van der Waals surface area contributed by atoms with Crippen LogP contribution in [0.4, 0.5) is 10.8 Å². The molecule has 3 rings (SSSR count). The van der Waals surface area contributed by atoms with Crippen molar-refractivity contribution in [3.05, 3.63) is 48.5 Å². The fraction of sp³-hybridized carbons (Fsp3) is 0.0769. The molecule has 2 aromatic heterocycles. The first-order valence-electron chi connectivity index (χ1n) is 6.67. The normalized spacial score (nSPS) is 11.2. The maximum atomic E-state index is 12.2. The zero-order chi connectivity index (χ0) is 17.0. The second kappa shape index (κ2) is 6.76. The molecule has 0 bridgehead atoms. The van der Waals surface area contributed by atoms with Crippen LogP contribution >= 0.6 is 11.3 Å². The van der Waals surface area contributed by atoms with Crippen molar-refractivity contribution in [2.75, 3.05) is 10.0 Å². The van der Waals surface area contributed by atoms with Crippen molar-refractivity contribution in [3.63, 3.8) is 0 Å². The molecular weight excluding hydrogens is 352 g/mol. The van der Waals surface area contributed by atoms with Crippen LogP contribution < -0.4 is 10.0 Å². The Morgan fingerprint density at radius 1 is 1.25 bits per heavy atom. The van der Waals surface area contributed by atoms with Crippen LogP contribution in [0, 0.1) is 0 Å². The van der Waals surface area contributed by atoms with E-state index < -0.39 is 10.0 Å². The van der Waals surface area contributed by atoms with Crippen molar-refractivity contribution in [1.82, 2.24) is 19.7 Å². The quantitative estimate of drug-likeness (QED) is 0.678. The number of nitrogens with one attached hydrogen (secondary N) is 2. The third-order valence-electron chi connectivity index (χ3n) is 2.87. The predicted molar refractivity (Wildman–Crippen MR) is 88.0 cm³/mol. The van der Waals surface area contributed by atoms with Crippen LogP contribution in [0.3, 0.4) is 0 Å². The fourth-order valence-corrected chi connectivity index (χ4v) is 3.62. The van der Waals surface area contributed by atoms with E-state index in [2.05, 4.69) is 25.1 Å². The summed E-state index contributed by atoms with van der Waals surface area (Å²) < 4.78 is 28.1. The van der Waals surface area contributed by atoms with Gasteiger partial charge in [-0.25, -0.2) is 23.1 Å². The number of anilines is 2. The van der Waals surface area contributed by atoms with Gasteiger partial charge in [-0.2, -0.15) is 5.10 Å². The van der Waals surface area contributed by atoms with E-state index in [1.54, 1.807) is 5.38 Å². The van der Waals surface area contributed by atoms with Gasteiger partial charge in [0.15, 0.2) is 5.13 Å². The molecule has 0 radical (unpaired) electrons. The smallest absolute Gasteiger partial charge is 0.263 e. The third kappa shape index (κ3) is 3.94. The summed E-state index contributed by atoms with van der Waals surface area (Å²) in [5.74, 6) is -0.294. The first kappa shape index (κ1) is 16.1. The largest absolute Gasteiger partial charge is 0.324 e. The Bertz CT molecular complexity index is 905. The number of amides is 1. The number of hydrogen-bond acceptors (Lipinski definition) is 7. The molecular formula is C13H12N6O3S2. The molecule has 0 saturated carbocycles. The lowest BCUT2D eigenvalue weighted by Crippen LogP contribution is -2.19. The molecule has 2 heterocycles. The maximum Gasteiger partial charge on any atom is 0.263 e. The Hall–Kier alpha value is -2.79. The average molecular weight is 364 g/mol. The van der Waals surface area contributed by atoms with Crippen molar-refractivity contribution in [2.45, 2.75) is 11.4 Å².